The Bertz CT molecular complexity index is 377. The van der Waals surface area contributed by atoms with Gasteiger partial charge in [0.15, 0.2) is 5.82 Å². The Balaban J connectivity index is 1.75. The molecule has 0 aromatic carbocycles. The maximum atomic E-state index is 11.6. The van der Waals surface area contributed by atoms with E-state index in [1.165, 1.54) is 0 Å². The van der Waals surface area contributed by atoms with E-state index in [1.807, 2.05) is 0 Å². The molecule has 1 aromatic heterocycles. The van der Waals surface area contributed by atoms with Crippen LogP contribution in [0.4, 0.5) is 0 Å². The third-order valence-corrected chi connectivity index (χ3v) is 2.84. The van der Waals surface area contributed by atoms with E-state index in [1.54, 1.807) is 6.92 Å². The minimum absolute atomic E-state index is 0.0782. The molecule has 0 radical (unpaired) electrons. The summed E-state index contributed by atoms with van der Waals surface area (Å²) in [5, 5.41) is 9.94. The average Bonchev–Trinajstić information content (AvgIpc) is 2.61. The van der Waals surface area contributed by atoms with Crippen LogP contribution in [0.25, 0.3) is 0 Å². The van der Waals surface area contributed by atoms with Crippen molar-refractivity contribution in [3.63, 3.8) is 0 Å². The Morgan fingerprint density at radius 1 is 1.53 bits per heavy atom. The van der Waals surface area contributed by atoms with E-state index in [0.717, 1.165) is 25.8 Å². The number of hydrogen-bond acceptors (Lipinski definition) is 5. The van der Waals surface area contributed by atoms with Gasteiger partial charge in [0.05, 0.1) is 6.04 Å². The van der Waals surface area contributed by atoms with Crippen molar-refractivity contribution in [2.45, 2.75) is 38.6 Å². The normalized spacial score (nSPS) is 21.0. The van der Waals surface area contributed by atoms with Crippen molar-refractivity contribution in [1.29, 1.82) is 0 Å². The largest absolute Gasteiger partial charge is 0.355 e. The fourth-order valence-electron chi connectivity index (χ4n) is 1.94. The standard InChI is InChI=1S/C11H18N4O2/c1-8-14-10(15-17-8)5-7-12-9-4-2-3-6-13-11(9)16/h9,12H,2-7H2,1H3,(H,13,16). The molecule has 1 saturated heterocycles. The second-order valence-electron chi connectivity index (χ2n) is 4.27. The molecule has 2 N–H and O–H groups in total. The van der Waals surface area contributed by atoms with Crippen LogP contribution in [0.1, 0.15) is 31.0 Å². The molecule has 17 heavy (non-hydrogen) atoms. The van der Waals surface area contributed by atoms with Crippen LogP contribution in [0, 0.1) is 6.92 Å². The number of carbonyl (C=O) groups excluding carboxylic acids is 1. The molecule has 2 heterocycles. The molecule has 1 fully saturated rings. The van der Waals surface area contributed by atoms with Crippen LogP contribution >= 0.6 is 0 Å². The van der Waals surface area contributed by atoms with Gasteiger partial charge in [-0.2, -0.15) is 4.98 Å². The van der Waals surface area contributed by atoms with Gasteiger partial charge < -0.3 is 15.2 Å². The van der Waals surface area contributed by atoms with Crippen molar-refractivity contribution in [3.05, 3.63) is 11.7 Å². The van der Waals surface area contributed by atoms with Gasteiger partial charge in [-0.05, 0) is 19.3 Å². The van der Waals surface area contributed by atoms with Gasteiger partial charge in [0.25, 0.3) is 0 Å². The maximum Gasteiger partial charge on any atom is 0.237 e. The molecule has 0 saturated carbocycles. The van der Waals surface area contributed by atoms with Crippen LogP contribution in [0.2, 0.25) is 0 Å². The number of aromatic nitrogens is 2. The molecular formula is C11H18N4O2. The SMILES string of the molecule is Cc1nc(CCNC2CCCCNC2=O)no1. The zero-order valence-corrected chi connectivity index (χ0v) is 10.0. The summed E-state index contributed by atoms with van der Waals surface area (Å²) in [6.07, 6.45) is 3.73. The fourth-order valence-corrected chi connectivity index (χ4v) is 1.94. The van der Waals surface area contributed by atoms with E-state index in [4.69, 9.17) is 4.52 Å². The van der Waals surface area contributed by atoms with Crippen LogP contribution in [-0.2, 0) is 11.2 Å². The quantitative estimate of drug-likeness (QED) is 0.782. The molecule has 0 aliphatic carbocycles. The molecule has 1 aliphatic rings. The summed E-state index contributed by atoms with van der Waals surface area (Å²) in [6, 6.07) is -0.0782. The van der Waals surface area contributed by atoms with Crippen molar-refractivity contribution < 1.29 is 9.32 Å². The zero-order valence-electron chi connectivity index (χ0n) is 10.0. The number of nitrogens with zero attached hydrogens (tertiary/aromatic N) is 2. The number of aryl methyl sites for hydroxylation is 1. The molecule has 1 aliphatic heterocycles. The molecule has 6 heteroatoms. The molecule has 94 valence electrons. The highest BCUT2D eigenvalue weighted by molar-refractivity contribution is 5.81. The Hall–Kier alpha value is -1.43. The first-order chi connectivity index (χ1) is 8.25. The fraction of sp³-hybridized carbons (Fsp3) is 0.727. The van der Waals surface area contributed by atoms with Crippen molar-refractivity contribution in [2.24, 2.45) is 0 Å². The monoisotopic (exact) mass is 238 g/mol. The first-order valence-electron chi connectivity index (χ1n) is 6.06. The van der Waals surface area contributed by atoms with Gasteiger partial charge in [0.2, 0.25) is 11.8 Å². The van der Waals surface area contributed by atoms with Gasteiger partial charge in [0, 0.05) is 26.4 Å². The van der Waals surface area contributed by atoms with Gasteiger partial charge in [-0.3, -0.25) is 4.79 Å². The van der Waals surface area contributed by atoms with Gasteiger partial charge in [0.1, 0.15) is 0 Å². The van der Waals surface area contributed by atoms with Crippen LogP contribution in [0.15, 0.2) is 4.52 Å². The Morgan fingerprint density at radius 2 is 2.41 bits per heavy atom. The number of hydrogen-bond donors (Lipinski definition) is 2. The summed E-state index contributed by atoms with van der Waals surface area (Å²) >= 11 is 0. The van der Waals surface area contributed by atoms with E-state index in [-0.39, 0.29) is 11.9 Å². The Kier molecular flexibility index (Phi) is 4.08. The lowest BCUT2D eigenvalue weighted by Gasteiger charge is -2.14. The highest BCUT2D eigenvalue weighted by atomic mass is 16.5. The molecule has 6 nitrogen and oxygen atoms in total. The summed E-state index contributed by atoms with van der Waals surface area (Å²) in [5.41, 5.74) is 0. The molecule has 2 rings (SSSR count). The van der Waals surface area contributed by atoms with Crippen molar-refractivity contribution in [2.75, 3.05) is 13.1 Å². The number of nitrogens with one attached hydrogen (secondary N) is 2. The van der Waals surface area contributed by atoms with Crippen molar-refractivity contribution in [3.8, 4) is 0 Å². The minimum Gasteiger partial charge on any atom is -0.355 e. The van der Waals surface area contributed by atoms with Crippen LogP contribution < -0.4 is 10.6 Å². The number of amides is 1. The molecule has 0 bridgehead atoms. The van der Waals surface area contributed by atoms with E-state index < -0.39 is 0 Å². The lowest BCUT2D eigenvalue weighted by molar-refractivity contribution is -0.122. The van der Waals surface area contributed by atoms with Crippen LogP contribution in [-0.4, -0.2) is 35.2 Å². The molecule has 0 spiro atoms. The van der Waals surface area contributed by atoms with Gasteiger partial charge in [-0.25, -0.2) is 0 Å². The topological polar surface area (TPSA) is 80.0 Å². The van der Waals surface area contributed by atoms with E-state index in [2.05, 4.69) is 20.8 Å². The summed E-state index contributed by atoms with van der Waals surface area (Å²) in [4.78, 5) is 15.7. The Labute approximate surface area is 100 Å². The predicted molar refractivity (Wildman–Crippen MR) is 61.4 cm³/mol. The lowest BCUT2D eigenvalue weighted by atomic mass is 10.1. The molecule has 1 unspecified atom stereocenters. The second-order valence-corrected chi connectivity index (χ2v) is 4.27. The number of carbonyl (C=O) groups is 1. The summed E-state index contributed by atoms with van der Waals surface area (Å²) in [5.74, 6) is 1.36. The molecular weight excluding hydrogens is 220 g/mol. The highest BCUT2D eigenvalue weighted by Crippen LogP contribution is 2.05. The molecule has 1 amide bonds. The number of rotatable bonds is 4. The predicted octanol–water partition coefficient (Wildman–Crippen LogP) is 0.179. The van der Waals surface area contributed by atoms with Gasteiger partial charge in [-0.1, -0.05) is 5.16 Å². The third-order valence-electron chi connectivity index (χ3n) is 2.84. The maximum absolute atomic E-state index is 11.6. The second kappa shape index (κ2) is 5.77. The average molecular weight is 238 g/mol. The van der Waals surface area contributed by atoms with Crippen molar-refractivity contribution >= 4 is 5.91 Å². The Morgan fingerprint density at radius 3 is 3.18 bits per heavy atom. The first-order valence-corrected chi connectivity index (χ1v) is 6.06. The minimum atomic E-state index is -0.0782. The van der Waals surface area contributed by atoms with Crippen LogP contribution in [0.3, 0.4) is 0 Å². The zero-order chi connectivity index (χ0) is 12.1. The van der Waals surface area contributed by atoms with E-state index in [0.29, 0.717) is 24.7 Å². The highest BCUT2D eigenvalue weighted by Gasteiger charge is 2.19. The van der Waals surface area contributed by atoms with Gasteiger partial charge in [-0.15, -0.1) is 0 Å². The van der Waals surface area contributed by atoms with E-state index in [9.17, 15) is 4.79 Å². The summed E-state index contributed by atoms with van der Waals surface area (Å²) < 4.78 is 4.88. The third kappa shape index (κ3) is 3.52. The van der Waals surface area contributed by atoms with Crippen molar-refractivity contribution in [1.82, 2.24) is 20.8 Å². The first kappa shape index (κ1) is 12.0. The summed E-state index contributed by atoms with van der Waals surface area (Å²) in [7, 11) is 0. The van der Waals surface area contributed by atoms with Crippen LogP contribution in [0.5, 0.6) is 0 Å². The van der Waals surface area contributed by atoms with Gasteiger partial charge >= 0.3 is 0 Å². The molecule has 1 atom stereocenters. The smallest absolute Gasteiger partial charge is 0.237 e. The van der Waals surface area contributed by atoms with E-state index >= 15 is 0 Å². The lowest BCUT2D eigenvalue weighted by Crippen LogP contribution is -2.43. The summed E-state index contributed by atoms with van der Waals surface area (Å²) in [6.45, 7) is 3.25. The molecule has 1 aromatic rings.